The van der Waals surface area contributed by atoms with Gasteiger partial charge in [-0.25, -0.2) is 0 Å². The third-order valence-corrected chi connectivity index (χ3v) is 2.62. The first-order valence-corrected chi connectivity index (χ1v) is 4.96. The molecule has 2 rings (SSSR count). The minimum Gasteiger partial charge on any atom is -0.352 e. The van der Waals surface area contributed by atoms with E-state index in [1.54, 1.807) is 12.1 Å². The molecule has 0 bridgehead atoms. The molecule has 0 fully saturated rings. The highest BCUT2D eigenvalue weighted by Gasteiger charge is 2.31. The summed E-state index contributed by atoms with van der Waals surface area (Å²) in [7, 11) is 0. The molecule has 0 unspecified atom stereocenters. The highest BCUT2D eigenvalue weighted by atomic mass is 19.4. The second kappa shape index (κ2) is 3.81. The summed E-state index contributed by atoms with van der Waals surface area (Å²) in [5.74, 6) is 0.194. The van der Waals surface area contributed by atoms with Crippen molar-refractivity contribution in [1.29, 1.82) is 5.41 Å². The van der Waals surface area contributed by atoms with Gasteiger partial charge in [-0.3, -0.25) is 5.41 Å². The molecule has 2 nitrogen and oxygen atoms in total. The molecule has 1 aromatic rings. The van der Waals surface area contributed by atoms with Crippen LogP contribution in [0.1, 0.15) is 17.5 Å². The number of amidine groups is 1. The smallest absolute Gasteiger partial charge is 0.352 e. The molecule has 0 atom stereocenters. The number of hydrogen-bond donors (Lipinski definition) is 1. The molecule has 0 saturated carbocycles. The molecule has 0 aliphatic carbocycles. The van der Waals surface area contributed by atoms with Gasteiger partial charge < -0.3 is 4.90 Å². The Labute approximate surface area is 91.2 Å². The normalized spacial score (nSPS) is 15.4. The molecule has 0 radical (unpaired) electrons. The van der Waals surface area contributed by atoms with Gasteiger partial charge in [-0.15, -0.1) is 0 Å². The highest BCUT2D eigenvalue weighted by molar-refractivity contribution is 6.00. The molecule has 1 aliphatic heterocycles. The lowest BCUT2D eigenvalue weighted by Crippen LogP contribution is -2.28. The molecular formula is C11H11F3N2. The maximum atomic E-state index is 12.1. The van der Waals surface area contributed by atoms with Gasteiger partial charge in [0.15, 0.2) is 0 Å². The molecule has 1 aromatic carbocycles. The average molecular weight is 228 g/mol. The molecule has 1 aliphatic rings. The zero-order valence-corrected chi connectivity index (χ0v) is 8.51. The molecule has 0 amide bonds. The summed E-state index contributed by atoms with van der Waals surface area (Å²) in [6, 6.07) is 7.24. The van der Waals surface area contributed by atoms with Crippen molar-refractivity contribution in [1.82, 2.24) is 4.90 Å². The standard InChI is InChI=1S/C11H11F3N2/c12-11(13,14)5-6-16-7-8-3-1-2-4-9(8)10(16)15/h1-4,15H,5-7H2. The quantitative estimate of drug-likeness (QED) is 0.827. The van der Waals surface area contributed by atoms with E-state index in [0.717, 1.165) is 11.1 Å². The molecule has 0 aromatic heterocycles. The Kier molecular flexibility index (Phi) is 2.61. The van der Waals surface area contributed by atoms with Crippen LogP contribution in [-0.2, 0) is 6.54 Å². The molecule has 0 spiro atoms. The first-order chi connectivity index (χ1) is 7.47. The van der Waals surface area contributed by atoms with Gasteiger partial charge in [0.1, 0.15) is 5.84 Å². The number of rotatable bonds is 2. The average Bonchev–Trinajstić information content (AvgIpc) is 2.53. The first kappa shape index (κ1) is 11.0. The van der Waals surface area contributed by atoms with Crippen LogP contribution >= 0.6 is 0 Å². The number of halogens is 3. The van der Waals surface area contributed by atoms with Gasteiger partial charge in [-0.1, -0.05) is 24.3 Å². The number of hydrogen-bond acceptors (Lipinski definition) is 1. The Morgan fingerprint density at radius 1 is 1.25 bits per heavy atom. The number of nitrogens with one attached hydrogen (secondary N) is 1. The summed E-state index contributed by atoms with van der Waals surface area (Å²) >= 11 is 0. The Balaban J connectivity index is 2.05. The van der Waals surface area contributed by atoms with Crippen LogP contribution in [0.5, 0.6) is 0 Å². The van der Waals surface area contributed by atoms with E-state index in [1.165, 1.54) is 4.90 Å². The zero-order chi connectivity index (χ0) is 11.8. The first-order valence-electron chi connectivity index (χ1n) is 4.96. The van der Waals surface area contributed by atoms with Crippen LogP contribution in [-0.4, -0.2) is 23.5 Å². The number of nitrogens with zero attached hydrogens (tertiary/aromatic N) is 1. The SMILES string of the molecule is N=C1c2ccccc2CN1CCC(F)(F)F. The van der Waals surface area contributed by atoms with Gasteiger partial charge in [-0.2, -0.15) is 13.2 Å². The van der Waals surface area contributed by atoms with E-state index in [9.17, 15) is 13.2 Å². The summed E-state index contributed by atoms with van der Waals surface area (Å²) in [4.78, 5) is 1.46. The molecule has 1 N–H and O–H groups in total. The minimum atomic E-state index is -4.16. The lowest BCUT2D eigenvalue weighted by Gasteiger charge is -2.18. The fourth-order valence-electron chi connectivity index (χ4n) is 1.80. The fraction of sp³-hybridized carbons (Fsp3) is 0.364. The molecular weight excluding hydrogens is 217 g/mol. The van der Waals surface area contributed by atoms with E-state index in [0.29, 0.717) is 6.54 Å². The van der Waals surface area contributed by atoms with E-state index in [2.05, 4.69) is 0 Å². The fourth-order valence-corrected chi connectivity index (χ4v) is 1.80. The summed E-state index contributed by atoms with van der Waals surface area (Å²) in [6.45, 7) is 0.266. The van der Waals surface area contributed by atoms with E-state index in [-0.39, 0.29) is 12.4 Å². The van der Waals surface area contributed by atoms with Gasteiger partial charge in [0, 0.05) is 18.7 Å². The summed E-state index contributed by atoms with van der Waals surface area (Å²) in [5.41, 5.74) is 1.67. The van der Waals surface area contributed by atoms with Crippen molar-refractivity contribution in [3.63, 3.8) is 0 Å². The summed E-state index contributed by atoms with van der Waals surface area (Å²) in [5, 5.41) is 7.75. The number of fused-ring (bicyclic) bond motifs is 1. The Hall–Kier alpha value is -1.52. The molecule has 5 heteroatoms. The van der Waals surface area contributed by atoms with Crippen molar-refractivity contribution >= 4 is 5.84 Å². The Morgan fingerprint density at radius 3 is 2.56 bits per heavy atom. The predicted molar refractivity (Wildman–Crippen MR) is 54.4 cm³/mol. The largest absolute Gasteiger partial charge is 0.390 e. The van der Waals surface area contributed by atoms with E-state index in [4.69, 9.17) is 5.41 Å². The van der Waals surface area contributed by atoms with Crippen LogP contribution in [0.3, 0.4) is 0 Å². The van der Waals surface area contributed by atoms with Crippen molar-refractivity contribution in [2.45, 2.75) is 19.1 Å². The number of benzene rings is 1. The predicted octanol–water partition coefficient (Wildman–Crippen LogP) is 2.78. The van der Waals surface area contributed by atoms with Gasteiger partial charge in [-0.05, 0) is 5.56 Å². The second-order valence-electron chi connectivity index (χ2n) is 3.79. The van der Waals surface area contributed by atoms with Crippen LogP contribution in [0.2, 0.25) is 0 Å². The molecule has 0 saturated heterocycles. The maximum Gasteiger partial charge on any atom is 0.390 e. The van der Waals surface area contributed by atoms with Crippen molar-refractivity contribution in [2.75, 3.05) is 6.54 Å². The van der Waals surface area contributed by atoms with Crippen LogP contribution in [0, 0.1) is 5.41 Å². The van der Waals surface area contributed by atoms with Gasteiger partial charge in [0.2, 0.25) is 0 Å². The van der Waals surface area contributed by atoms with Crippen LogP contribution in [0.25, 0.3) is 0 Å². The van der Waals surface area contributed by atoms with Gasteiger partial charge in [0.05, 0.1) is 6.42 Å². The van der Waals surface area contributed by atoms with Crippen molar-refractivity contribution in [2.24, 2.45) is 0 Å². The van der Waals surface area contributed by atoms with Crippen LogP contribution in [0.4, 0.5) is 13.2 Å². The Morgan fingerprint density at radius 2 is 1.94 bits per heavy atom. The monoisotopic (exact) mass is 228 g/mol. The van der Waals surface area contributed by atoms with E-state index in [1.807, 2.05) is 12.1 Å². The second-order valence-corrected chi connectivity index (χ2v) is 3.79. The lowest BCUT2D eigenvalue weighted by molar-refractivity contribution is -0.136. The van der Waals surface area contributed by atoms with Crippen molar-refractivity contribution in [3.05, 3.63) is 35.4 Å². The van der Waals surface area contributed by atoms with Crippen molar-refractivity contribution < 1.29 is 13.2 Å². The maximum absolute atomic E-state index is 12.1. The lowest BCUT2D eigenvalue weighted by atomic mass is 10.1. The topological polar surface area (TPSA) is 27.1 Å². The van der Waals surface area contributed by atoms with Crippen molar-refractivity contribution in [3.8, 4) is 0 Å². The number of alkyl halides is 3. The summed E-state index contributed by atoms with van der Waals surface area (Å²) in [6.07, 6.45) is -5.03. The Bertz CT molecular complexity index is 412. The summed E-state index contributed by atoms with van der Waals surface area (Å²) < 4.78 is 36.2. The highest BCUT2D eigenvalue weighted by Crippen LogP contribution is 2.25. The van der Waals surface area contributed by atoms with Crippen LogP contribution in [0.15, 0.2) is 24.3 Å². The molecule has 86 valence electrons. The van der Waals surface area contributed by atoms with Gasteiger partial charge >= 0.3 is 6.18 Å². The molecule has 1 heterocycles. The zero-order valence-electron chi connectivity index (χ0n) is 8.51. The van der Waals surface area contributed by atoms with E-state index < -0.39 is 12.6 Å². The van der Waals surface area contributed by atoms with Crippen LogP contribution < -0.4 is 0 Å². The van der Waals surface area contributed by atoms with E-state index >= 15 is 0 Å². The third kappa shape index (κ3) is 2.18. The minimum absolute atomic E-state index is 0.142. The van der Waals surface area contributed by atoms with Gasteiger partial charge in [0.25, 0.3) is 0 Å². The third-order valence-electron chi connectivity index (χ3n) is 2.62. The molecule has 16 heavy (non-hydrogen) atoms.